The van der Waals surface area contributed by atoms with Crippen LogP contribution in [0.5, 0.6) is 0 Å². The van der Waals surface area contributed by atoms with E-state index in [-0.39, 0.29) is 0 Å². The van der Waals surface area contributed by atoms with E-state index in [1.807, 2.05) is 31.2 Å². The van der Waals surface area contributed by atoms with Gasteiger partial charge in [-0.15, -0.1) is 0 Å². The molecule has 2 aromatic carbocycles. The van der Waals surface area contributed by atoms with Crippen LogP contribution < -0.4 is 16.8 Å². The Balaban J connectivity index is 1.98. The van der Waals surface area contributed by atoms with Gasteiger partial charge in [0.1, 0.15) is 0 Å². The first-order valence-corrected chi connectivity index (χ1v) is 5.88. The fourth-order valence-corrected chi connectivity index (χ4v) is 1.98. The largest absolute Gasteiger partial charge is 0.417 e. The van der Waals surface area contributed by atoms with E-state index >= 15 is 0 Å². The van der Waals surface area contributed by atoms with Crippen LogP contribution in [0, 0.1) is 6.92 Å². The van der Waals surface area contributed by atoms with Gasteiger partial charge in [-0.25, -0.2) is 4.79 Å². The predicted octanol–water partition coefficient (Wildman–Crippen LogP) is 2.76. The highest BCUT2D eigenvalue weighted by Gasteiger charge is 2.04. The topological polar surface area (TPSA) is 84.0 Å². The molecule has 96 valence electrons. The zero-order valence-electron chi connectivity index (χ0n) is 10.4. The SMILES string of the molecule is Cc1ccc(Nc2ccc3oc(=O)[nH]c3c2)c(N)c1. The Labute approximate surface area is 109 Å². The summed E-state index contributed by atoms with van der Waals surface area (Å²) in [5, 5.41) is 3.21. The third-order valence-corrected chi connectivity index (χ3v) is 2.91. The van der Waals surface area contributed by atoms with Gasteiger partial charge in [0.2, 0.25) is 0 Å². The Morgan fingerprint density at radius 1 is 1.21 bits per heavy atom. The molecule has 0 radical (unpaired) electrons. The number of hydrogen-bond donors (Lipinski definition) is 3. The van der Waals surface area contributed by atoms with E-state index in [9.17, 15) is 4.79 Å². The van der Waals surface area contributed by atoms with Crippen LogP contribution >= 0.6 is 0 Å². The molecule has 3 rings (SSSR count). The molecule has 0 aliphatic carbocycles. The number of hydrogen-bond acceptors (Lipinski definition) is 4. The first kappa shape index (κ1) is 11.4. The molecule has 1 heterocycles. The lowest BCUT2D eigenvalue weighted by Crippen LogP contribution is -1.96. The van der Waals surface area contributed by atoms with E-state index in [1.165, 1.54) is 0 Å². The normalized spacial score (nSPS) is 10.8. The zero-order valence-corrected chi connectivity index (χ0v) is 10.4. The number of rotatable bonds is 2. The molecule has 5 heteroatoms. The molecule has 0 amide bonds. The van der Waals surface area contributed by atoms with Crippen molar-refractivity contribution in [2.45, 2.75) is 6.92 Å². The number of benzene rings is 2. The second-order valence-electron chi connectivity index (χ2n) is 4.44. The van der Waals surface area contributed by atoms with Gasteiger partial charge < -0.3 is 15.5 Å². The highest BCUT2D eigenvalue weighted by molar-refractivity contribution is 5.80. The number of H-pyrrole nitrogens is 1. The van der Waals surface area contributed by atoms with Crippen LogP contribution in [0.1, 0.15) is 5.56 Å². The van der Waals surface area contributed by atoms with Gasteiger partial charge in [-0.05, 0) is 42.8 Å². The minimum atomic E-state index is -0.456. The molecule has 0 aliphatic rings. The molecule has 0 unspecified atom stereocenters. The van der Waals surface area contributed by atoms with Gasteiger partial charge >= 0.3 is 5.76 Å². The van der Waals surface area contributed by atoms with Gasteiger partial charge in [-0.3, -0.25) is 4.98 Å². The summed E-state index contributed by atoms with van der Waals surface area (Å²) in [6.45, 7) is 1.99. The van der Waals surface area contributed by atoms with Gasteiger partial charge in [0.15, 0.2) is 5.58 Å². The fourth-order valence-electron chi connectivity index (χ4n) is 1.98. The van der Waals surface area contributed by atoms with E-state index in [4.69, 9.17) is 10.2 Å². The Morgan fingerprint density at radius 3 is 2.84 bits per heavy atom. The van der Waals surface area contributed by atoms with Crippen molar-refractivity contribution in [3.63, 3.8) is 0 Å². The molecular weight excluding hydrogens is 242 g/mol. The van der Waals surface area contributed by atoms with Crippen LogP contribution in [-0.4, -0.2) is 4.98 Å². The lowest BCUT2D eigenvalue weighted by Gasteiger charge is -2.09. The molecular formula is C14H13N3O2. The molecule has 0 atom stereocenters. The number of oxazole rings is 1. The van der Waals surface area contributed by atoms with E-state index in [0.717, 1.165) is 16.9 Å². The smallest absolute Gasteiger partial charge is 0.408 e. The third kappa shape index (κ3) is 2.18. The Bertz CT molecular complexity index is 802. The molecule has 19 heavy (non-hydrogen) atoms. The van der Waals surface area contributed by atoms with Crippen LogP contribution in [-0.2, 0) is 0 Å². The van der Waals surface area contributed by atoms with Gasteiger partial charge in [-0.2, -0.15) is 0 Å². The van der Waals surface area contributed by atoms with Gasteiger partial charge in [0, 0.05) is 5.69 Å². The molecule has 0 saturated carbocycles. The lowest BCUT2D eigenvalue weighted by molar-refractivity contribution is 0.555. The van der Waals surface area contributed by atoms with Crippen LogP contribution in [0.3, 0.4) is 0 Å². The number of nitrogen functional groups attached to an aromatic ring is 1. The number of aromatic amines is 1. The Kier molecular flexibility index (Phi) is 2.52. The monoisotopic (exact) mass is 255 g/mol. The summed E-state index contributed by atoms with van der Waals surface area (Å²) in [5.74, 6) is -0.456. The van der Waals surface area contributed by atoms with Crippen molar-refractivity contribution in [1.82, 2.24) is 4.98 Å². The summed E-state index contributed by atoms with van der Waals surface area (Å²) in [4.78, 5) is 13.7. The number of nitrogens with one attached hydrogen (secondary N) is 2. The van der Waals surface area contributed by atoms with E-state index < -0.39 is 5.76 Å². The van der Waals surface area contributed by atoms with Crippen molar-refractivity contribution in [3.8, 4) is 0 Å². The molecule has 1 aromatic heterocycles. The number of nitrogens with two attached hydrogens (primary N) is 1. The standard InChI is InChI=1S/C14H13N3O2/c1-8-2-4-11(10(15)6-8)16-9-3-5-13-12(7-9)17-14(18)19-13/h2-7,16H,15H2,1H3,(H,17,18). The second-order valence-corrected chi connectivity index (χ2v) is 4.44. The summed E-state index contributed by atoms with van der Waals surface area (Å²) >= 11 is 0. The summed E-state index contributed by atoms with van der Waals surface area (Å²) < 4.78 is 4.95. The number of fused-ring (bicyclic) bond motifs is 1. The van der Waals surface area contributed by atoms with Crippen LogP contribution in [0.2, 0.25) is 0 Å². The average Bonchev–Trinajstić information content (AvgIpc) is 2.72. The number of anilines is 3. The molecule has 0 aliphatic heterocycles. The molecule has 0 bridgehead atoms. The van der Waals surface area contributed by atoms with Crippen LogP contribution in [0.4, 0.5) is 17.1 Å². The molecule has 5 nitrogen and oxygen atoms in total. The Hall–Kier alpha value is -2.69. The first-order valence-electron chi connectivity index (χ1n) is 5.88. The van der Waals surface area contributed by atoms with Crippen molar-refractivity contribution >= 4 is 28.2 Å². The highest BCUT2D eigenvalue weighted by atomic mass is 16.4. The second kappa shape index (κ2) is 4.20. The zero-order chi connectivity index (χ0) is 13.4. The molecule has 0 fully saturated rings. The van der Waals surface area contributed by atoms with E-state index in [0.29, 0.717) is 16.8 Å². The summed E-state index contributed by atoms with van der Waals surface area (Å²) in [6, 6.07) is 11.2. The Morgan fingerprint density at radius 2 is 2.05 bits per heavy atom. The molecule has 0 spiro atoms. The van der Waals surface area contributed by atoms with Crippen molar-refractivity contribution < 1.29 is 4.42 Å². The number of aryl methyl sites for hydroxylation is 1. The molecule has 0 saturated heterocycles. The van der Waals surface area contributed by atoms with Crippen molar-refractivity contribution in [2.24, 2.45) is 0 Å². The maximum absolute atomic E-state index is 11.1. The van der Waals surface area contributed by atoms with Crippen molar-refractivity contribution in [3.05, 3.63) is 52.5 Å². The predicted molar refractivity (Wildman–Crippen MR) is 75.7 cm³/mol. The van der Waals surface area contributed by atoms with Gasteiger partial charge in [0.25, 0.3) is 0 Å². The van der Waals surface area contributed by atoms with E-state index in [2.05, 4.69) is 10.3 Å². The lowest BCUT2D eigenvalue weighted by atomic mass is 10.2. The van der Waals surface area contributed by atoms with E-state index in [1.54, 1.807) is 12.1 Å². The molecule has 4 N–H and O–H groups in total. The average molecular weight is 255 g/mol. The minimum Gasteiger partial charge on any atom is -0.408 e. The van der Waals surface area contributed by atoms with Gasteiger partial charge in [0.05, 0.1) is 16.9 Å². The van der Waals surface area contributed by atoms with Crippen LogP contribution in [0.15, 0.2) is 45.6 Å². The summed E-state index contributed by atoms with van der Waals surface area (Å²) in [5.41, 5.74) is 10.6. The summed E-state index contributed by atoms with van der Waals surface area (Å²) in [7, 11) is 0. The fraction of sp³-hybridized carbons (Fsp3) is 0.0714. The van der Waals surface area contributed by atoms with Crippen LogP contribution in [0.25, 0.3) is 11.1 Å². The third-order valence-electron chi connectivity index (χ3n) is 2.91. The van der Waals surface area contributed by atoms with Gasteiger partial charge in [-0.1, -0.05) is 6.07 Å². The molecule has 3 aromatic rings. The highest BCUT2D eigenvalue weighted by Crippen LogP contribution is 2.25. The quantitative estimate of drug-likeness (QED) is 0.615. The maximum Gasteiger partial charge on any atom is 0.417 e. The summed E-state index contributed by atoms with van der Waals surface area (Å²) in [6.07, 6.45) is 0. The minimum absolute atomic E-state index is 0.456. The van der Waals surface area contributed by atoms with Crippen molar-refractivity contribution in [2.75, 3.05) is 11.1 Å². The van der Waals surface area contributed by atoms with Crippen molar-refractivity contribution in [1.29, 1.82) is 0 Å². The first-order chi connectivity index (χ1) is 9.11. The number of aromatic nitrogens is 1. The maximum atomic E-state index is 11.1.